The van der Waals surface area contributed by atoms with Gasteiger partial charge in [0, 0.05) is 30.2 Å². The number of thiazole rings is 1. The van der Waals surface area contributed by atoms with Crippen LogP contribution in [0.3, 0.4) is 0 Å². The molecule has 0 atom stereocenters. The van der Waals surface area contributed by atoms with Gasteiger partial charge in [-0.15, -0.1) is 11.3 Å². The quantitative estimate of drug-likeness (QED) is 0.588. The Morgan fingerprint density at radius 1 is 1.25 bits per heavy atom. The predicted octanol–water partition coefficient (Wildman–Crippen LogP) is 3.98. The Morgan fingerprint density at radius 2 is 2.09 bits per heavy atom. The largest absolute Gasteiger partial charge is 0.482 e. The van der Waals surface area contributed by atoms with Crippen LogP contribution in [-0.2, 0) is 20.7 Å². The maximum atomic E-state index is 12.8. The predicted molar refractivity (Wildman–Crippen MR) is 126 cm³/mol. The zero-order chi connectivity index (χ0) is 22.7. The Bertz CT molecular complexity index is 1160. The molecule has 166 valence electrons. The molecule has 0 saturated carbocycles. The molecule has 32 heavy (non-hydrogen) atoms. The van der Waals surface area contributed by atoms with Gasteiger partial charge in [-0.2, -0.15) is 0 Å². The summed E-state index contributed by atoms with van der Waals surface area (Å²) in [5, 5.41) is 5.87. The lowest BCUT2D eigenvalue weighted by atomic mass is 10.1. The molecular formula is C24H25N3O4S. The van der Waals surface area contributed by atoms with Gasteiger partial charge in [-0.25, -0.2) is 4.98 Å². The Hall–Kier alpha value is -3.23. The molecule has 4 rings (SSSR count). The van der Waals surface area contributed by atoms with Crippen molar-refractivity contribution in [3.8, 4) is 17.0 Å². The molecule has 0 fully saturated rings. The van der Waals surface area contributed by atoms with Gasteiger partial charge in [-0.3, -0.25) is 14.5 Å². The number of aromatic nitrogens is 1. The number of carbonyl (C=O) groups excluding carboxylic acids is 2. The molecule has 3 aromatic rings. The molecule has 1 aromatic heterocycles. The number of nitrogens with one attached hydrogen (secondary N) is 1. The van der Waals surface area contributed by atoms with Gasteiger partial charge in [0.2, 0.25) is 5.91 Å². The van der Waals surface area contributed by atoms with E-state index in [0.29, 0.717) is 18.0 Å². The normalized spacial score (nSPS) is 13.0. The molecule has 8 heteroatoms. The second kappa shape index (κ2) is 9.50. The zero-order valence-corrected chi connectivity index (χ0v) is 19.1. The first-order valence-corrected chi connectivity index (χ1v) is 11.2. The summed E-state index contributed by atoms with van der Waals surface area (Å²) in [4.78, 5) is 31.5. The maximum Gasteiger partial charge on any atom is 0.265 e. The third-order valence-corrected chi connectivity index (χ3v) is 6.14. The summed E-state index contributed by atoms with van der Waals surface area (Å²) in [6.45, 7) is 4.37. The highest BCUT2D eigenvalue weighted by atomic mass is 32.1. The van der Waals surface area contributed by atoms with Crippen LogP contribution in [0.1, 0.15) is 16.1 Å². The van der Waals surface area contributed by atoms with Crippen molar-refractivity contribution in [3.05, 3.63) is 57.9 Å². The van der Waals surface area contributed by atoms with Gasteiger partial charge in [0.25, 0.3) is 5.91 Å². The summed E-state index contributed by atoms with van der Waals surface area (Å²) in [6, 6.07) is 11.4. The summed E-state index contributed by atoms with van der Waals surface area (Å²) in [6.07, 6.45) is 0.748. The van der Waals surface area contributed by atoms with Gasteiger partial charge in [0.15, 0.2) is 6.61 Å². The number of anilines is 2. The molecule has 1 N–H and O–H groups in total. The average Bonchev–Trinajstić information content (AvgIpc) is 3.25. The van der Waals surface area contributed by atoms with Crippen molar-refractivity contribution in [2.75, 3.05) is 37.1 Å². The molecular weight excluding hydrogens is 426 g/mol. The number of hydrogen-bond acceptors (Lipinski definition) is 6. The van der Waals surface area contributed by atoms with E-state index >= 15 is 0 Å². The van der Waals surface area contributed by atoms with Crippen LogP contribution in [-0.4, -0.2) is 43.7 Å². The van der Waals surface area contributed by atoms with E-state index in [9.17, 15) is 9.59 Å². The van der Waals surface area contributed by atoms with Crippen LogP contribution in [0.4, 0.5) is 11.4 Å². The molecule has 2 heterocycles. The highest BCUT2D eigenvalue weighted by Gasteiger charge is 2.28. The first-order valence-electron chi connectivity index (χ1n) is 10.3. The number of ether oxygens (including phenoxy) is 2. The number of carbonyl (C=O) groups is 2. The van der Waals surface area contributed by atoms with Gasteiger partial charge in [0.05, 0.1) is 23.0 Å². The second-order valence-corrected chi connectivity index (χ2v) is 8.63. The second-order valence-electron chi connectivity index (χ2n) is 7.69. The van der Waals surface area contributed by atoms with E-state index in [1.165, 1.54) is 4.90 Å². The number of aryl methyl sites for hydroxylation is 2. The molecule has 0 unspecified atom stereocenters. The van der Waals surface area contributed by atoms with Crippen molar-refractivity contribution in [1.82, 2.24) is 4.98 Å². The van der Waals surface area contributed by atoms with E-state index in [0.717, 1.165) is 39.5 Å². The van der Waals surface area contributed by atoms with E-state index in [4.69, 9.17) is 9.47 Å². The molecule has 0 radical (unpaired) electrons. The van der Waals surface area contributed by atoms with Crippen LogP contribution in [0.25, 0.3) is 11.3 Å². The van der Waals surface area contributed by atoms with E-state index in [1.807, 2.05) is 55.6 Å². The third kappa shape index (κ3) is 4.81. The van der Waals surface area contributed by atoms with Crippen molar-refractivity contribution >= 4 is 34.5 Å². The van der Waals surface area contributed by atoms with Gasteiger partial charge in [-0.05, 0) is 43.7 Å². The fraction of sp³-hybridized carbons (Fsp3) is 0.292. The average molecular weight is 452 g/mol. The van der Waals surface area contributed by atoms with Crippen LogP contribution in [0, 0.1) is 13.8 Å². The molecule has 0 bridgehead atoms. The Morgan fingerprint density at radius 3 is 2.88 bits per heavy atom. The molecule has 2 aromatic carbocycles. The minimum absolute atomic E-state index is 0.0951. The van der Waals surface area contributed by atoms with Crippen molar-refractivity contribution in [2.45, 2.75) is 20.3 Å². The van der Waals surface area contributed by atoms with Crippen LogP contribution in [0.2, 0.25) is 0 Å². The summed E-state index contributed by atoms with van der Waals surface area (Å²) in [5.74, 6) is 0.0473. The molecule has 0 saturated heterocycles. The van der Waals surface area contributed by atoms with E-state index < -0.39 is 0 Å². The minimum Gasteiger partial charge on any atom is -0.482 e. The Labute approximate surface area is 191 Å². The topological polar surface area (TPSA) is 80.8 Å². The fourth-order valence-electron chi connectivity index (χ4n) is 3.57. The first-order chi connectivity index (χ1) is 15.4. The molecule has 2 amide bonds. The highest BCUT2D eigenvalue weighted by Crippen LogP contribution is 2.36. The van der Waals surface area contributed by atoms with Gasteiger partial charge in [0.1, 0.15) is 12.3 Å². The van der Waals surface area contributed by atoms with Gasteiger partial charge in [-0.1, -0.05) is 17.7 Å². The molecule has 0 spiro atoms. The number of rotatable bonds is 7. The molecule has 7 nitrogen and oxygen atoms in total. The summed E-state index contributed by atoms with van der Waals surface area (Å²) < 4.78 is 10.7. The summed E-state index contributed by atoms with van der Waals surface area (Å²) >= 11 is 1.57. The zero-order valence-electron chi connectivity index (χ0n) is 18.3. The monoisotopic (exact) mass is 451 g/mol. The van der Waals surface area contributed by atoms with Crippen LogP contribution >= 0.6 is 11.3 Å². The number of hydrogen-bond donors (Lipinski definition) is 1. The van der Waals surface area contributed by atoms with Crippen molar-refractivity contribution in [3.63, 3.8) is 0 Å². The fourth-order valence-corrected chi connectivity index (χ4v) is 4.36. The smallest absolute Gasteiger partial charge is 0.265 e. The van der Waals surface area contributed by atoms with Crippen molar-refractivity contribution < 1.29 is 19.1 Å². The SMILES string of the molecule is COCCc1nc(-c2ccc3c(c2)N(CC(=O)Nc2ccc(C)cc2C)C(=O)CO3)cs1. The first kappa shape index (κ1) is 22.0. The minimum atomic E-state index is -0.265. The molecule has 1 aliphatic rings. The molecule has 1 aliphatic heterocycles. The maximum absolute atomic E-state index is 12.8. The Kier molecular flexibility index (Phi) is 6.53. The highest BCUT2D eigenvalue weighted by molar-refractivity contribution is 7.09. The van der Waals surface area contributed by atoms with Crippen LogP contribution in [0.5, 0.6) is 5.75 Å². The van der Waals surface area contributed by atoms with Crippen molar-refractivity contribution in [2.24, 2.45) is 0 Å². The lowest BCUT2D eigenvalue weighted by Gasteiger charge is -2.29. The summed E-state index contributed by atoms with van der Waals surface area (Å²) in [5.41, 5.74) is 5.09. The van der Waals surface area contributed by atoms with Gasteiger partial charge >= 0.3 is 0 Å². The number of nitrogens with zero attached hydrogens (tertiary/aromatic N) is 2. The van der Waals surface area contributed by atoms with Gasteiger partial charge < -0.3 is 14.8 Å². The number of methoxy groups -OCH3 is 1. The standard InChI is InChI=1S/C24H25N3O4S/c1-15-4-6-18(16(2)10-15)25-22(28)12-27-20-11-17(5-7-21(20)31-13-24(27)29)19-14-32-23(26-19)8-9-30-3/h4-7,10-11,14H,8-9,12-13H2,1-3H3,(H,25,28). The van der Waals surface area contributed by atoms with E-state index in [1.54, 1.807) is 18.4 Å². The molecule has 0 aliphatic carbocycles. The lowest BCUT2D eigenvalue weighted by Crippen LogP contribution is -2.43. The van der Waals surface area contributed by atoms with Crippen molar-refractivity contribution in [1.29, 1.82) is 0 Å². The van der Waals surface area contributed by atoms with E-state index in [2.05, 4.69) is 10.3 Å². The van der Waals surface area contributed by atoms with Crippen LogP contribution < -0.4 is 15.0 Å². The number of amides is 2. The van der Waals surface area contributed by atoms with Crippen LogP contribution in [0.15, 0.2) is 41.8 Å². The Balaban J connectivity index is 1.55. The summed E-state index contributed by atoms with van der Waals surface area (Å²) in [7, 11) is 1.67. The lowest BCUT2D eigenvalue weighted by molar-refractivity contribution is -0.123. The van der Waals surface area contributed by atoms with E-state index in [-0.39, 0.29) is 25.0 Å². The number of benzene rings is 2. The third-order valence-electron chi connectivity index (χ3n) is 5.23. The number of fused-ring (bicyclic) bond motifs is 1.